The molecule has 0 saturated carbocycles. The van der Waals surface area contributed by atoms with Crippen LogP contribution in [-0.2, 0) is 9.53 Å². The van der Waals surface area contributed by atoms with Crippen LogP contribution in [0.3, 0.4) is 0 Å². The van der Waals surface area contributed by atoms with E-state index in [0.717, 1.165) is 5.56 Å². The number of halogens is 1. The van der Waals surface area contributed by atoms with E-state index in [0.29, 0.717) is 27.5 Å². The molecule has 1 atom stereocenters. The highest BCUT2D eigenvalue weighted by Crippen LogP contribution is 2.34. The average Bonchev–Trinajstić information content (AvgIpc) is 2.98. The summed E-state index contributed by atoms with van der Waals surface area (Å²) >= 11 is 6.02. The third kappa shape index (κ3) is 6.46. The molecule has 0 saturated heterocycles. The lowest BCUT2D eigenvalue weighted by Gasteiger charge is -2.26. The fraction of sp³-hybridized carbons (Fsp3) is 0.267. The molecule has 0 aromatic heterocycles. The van der Waals surface area contributed by atoms with Gasteiger partial charge in [0.2, 0.25) is 0 Å². The molecule has 3 amide bonds. The van der Waals surface area contributed by atoms with Gasteiger partial charge >= 0.3 is 6.09 Å². The Morgan fingerprint density at radius 2 is 1.56 bits per heavy atom. The number of Topliss-reactive ketones (excluding diaryl/α,β-unsaturated/α-hetero) is 1. The number of carbonyl (C=O) groups is 4. The maximum absolute atomic E-state index is 14.0. The van der Waals surface area contributed by atoms with Crippen molar-refractivity contribution in [2.24, 2.45) is 0 Å². The number of para-hydroxylation sites is 2. The number of anilines is 2. The molecule has 1 aliphatic heterocycles. The van der Waals surface area contributed by atoms with Crippen molar-refractivity contribution in [2.75, 3.05) is 22.9 Å². The van der Waals surface area contributed by atoms with Crippen LogP contribution in [0.4, 0.5) is 16.2 Å². The molecule has 8 nitrogen and oxygen atoms in total. The summed E-state index contributed by atoms with van der Waals surface area (Å²) in [6, 6.07) is 19.2. The zero-order valence-electron chi connectivity index (χ0n) is 22.2. The Bertz CT molecular complexity index is 1410. The Balaban J connectivity index is 1.77. The highest BCUT2D eigenvalue weighted by atomic mass is 35.5. The van der Waals surface area contributed by atoms with E-state index in [1.54, 1.807) is 81.4 Å². The quantitative estimate of drug-likeness (QED) is 0.430. The summed E-state index contributed by atoms with van der Waals surface area (Å²) in [5, 5.41) is 3.10. The molecule has 1 aliphatic rings. The molecule has 39 heavy (non-hydrogen) atoms. The lowest BCUT2D eigenvalue weighted by molar-refractivity contribution is -0.120. The summed E-state index contributed by atoms with van der Waals surface area (Å²) in [6.07, 6.45) is -0.809. The van der Waals surface area contributed by atoms with Crippen LogP contribution in [0, 0.1) is 6.92 Å². The van der Waals surface area contributed by atoms with E-state index in [2.05, 4.69) is 5.32 Å². The smallest absolute Gasteiger partial charge is 0.408 e. The van der Waals surface area contributed by atoms with Gasteiger partial charge in [0.15, 0.2) is 5.78 Å². The number of benzene rings is 3. The number of amides is 3. The molecule has 0 radical (unpaired) electrons. The molecule has 1 N–H and O–H groups in total. The number of hydrogen-bond acceptors (Lipinski definition) is 5. The normalized spacial score (nSPS) is 15.3. The summed E-state index contributed by atoms with van der Waals surface area (Å²) in [7, 11) is 0. The number of alkyl carbamates (subject to hydrolysis) is 1. The predicted octanol–water partition coefficient (Wildman–Crippen LogP) is 5.42. The molecule has 1 unspecified atom stereocenters. The van der Waals surface area contributed by atoms with Gasteiger partial charge in [-0.05, 0) is 69.7 Å². The molecular weight excluding hydrogens is 518 g/mol. The van der Waals surface area contributed by atoms with Crippen LogP contribution in [0.25, 0.3) is 0 Å². The zero-order chi connectivity index (χ0) is 28.3. The maximum atomic E-state index is 14.0. The number of aryl methyl sites for hydroxylation is 1. The summed E-state index contributed by atoms with van der Waals surface area (Å²) in [4.78, 5) is 56.6. The van der Waals surface area contributed by atoms with E-state index in [4.69, 9.17) is 16.3 Å². The summed E-state index contributed by atoms with van der Waals surface area (Å²) in [6.45, 7) is 6.50. The third-order valence-corrected chi connectivity index (χ3v) is 6.42. The van der Waals surface area contributed by atoms with Crippen molar-refractivity contribution >= 4 is 46.7 Å². The lowest BCUT2D eigenvalue weighted by atomic mass is 10.0. The largest absolute Gasteiger partial charge is 0.444 e. The summed E-state index contributed by atoms with van der Waals surface area (Å²) in [5.41, 5.74) is 1.61. The highest BCUT2D eigenvalue weighted by molar-refractivity contribution is 6.30. The molecule has 9 heteroatoms. The van der Waals surface area contributed by atoms with E-state index in [1.807, 2.05) is 19.1 Å². The van der Waals surface area contributed by atoms with Crippen molar-refractivity contribution in [1.82, 2.24) is 5.32 Å². The molecule has 202 valence electrons. The van der Waals surface area contributed by atoms with Gasteiger partial charge in [0.25, 0.3) is 11.8 Å². The molecule has 3 aromatic carbocycles. The first-order valence-corrected chi connectivity index (χ1v) is 12.9. The average molecular weight is 548 g/mol. The minimum Gasteiger partial charge on any atom is -0.444 e. The van der Waals surface area contributed by atoms with E-state index >= 15 is 0 Å². The number of rotatable bonds is 5. The standard InChI is InChI=1S/C30H30ClN3O5/c1-19-9-5-6-10-22(19)26(35)18-34-25-12-8-7-11-24(25)33(27(36)20-13-15-21(31)16-14-20)17-23(28(34)37)32-29(38)39-30(2,3)4/h5-16,23H,17-18H2,1-4H3,(H,32,38). The van der Waals surface area contributed by atoms with Gasteiger partial charge in [0.1, 0.15) is 11.6 Å². The minimum absolute atomic E-state index is 0.175. The Morgan fingerprint density at radius 1 is 0.949 bits per heavy atom. The monoisotopic (exact) mass is 547 g/mol. The minimum atomic E-state index is -1.19. The topological polar surface area (TPSA) is 96.0 Å². The first-order chi connectivity index (χ1) is 18.4. The number of fused-ring (bicyclic) bond motifs is 1. The van der Waals surface area contributed by atoms with Crippen LogP contribution in [0.15, 0.2) is 72.8 Å². The fourth-order valence-electron chi connectivity index (χ4n) is 4.36. The Kier molecular flexibility index (Phi) is 8.06. The van der Waals surface area contributed by atoms with Crippen LogP contribution >= 0.6 is 11.6 Å². The van der Waals surface area contributed by atoms with Crippen LogP contribution in [0.1, 0.15) is 47.1 Å². The Morgan fingerprint density at radius 3 is 2.21 bits per heavy atom. The summed E-state index contributed by atoms with van der Waals surface area (Å²) < 4.78 is 5.40. The van der Waals surface area contributed by atoms with Crippen LogP contribution in [0.5, 0.6) is 0 Å². The van der Waals surface area contributed by atoms with Gasteiger partial charge in [0.05, 0.1) is 24.5 Å². The SMILES string of the molecule is Cc1ccccc1C(=O)CN1C(=O)C(NC(=O)OC(C)(C)C)CN(C(=O)c2ccc(Cl)cc2)c2ccccc21. The van der Waals surface area contributed by atoms with Crippen molar-refractivity contribution in [2.45, 2.75) is 39.3 Å². The van der Waals surface area contributed by atoms with Crippen molar-refractivity contribution in [3.05, 3.63) is 94.5 Å². The van der Waals surface area contributed by atoms with Crippen LogP contribution in [0.2, 0.25) is 5.02 Å². The number of hydrogen-bond donors (Lipinski definition) is 1. The first-order valence-electron chi connectivity index (χ1n) is 12.5. The van der Waals surface area contributed by atoms with Crippen molar-refractivity contribution in [1.29, 1.82) is 0 Å². The molecular formula is C30H30ClN3O5. The van der Waals surface area contributed by atoms with Crippen LogP contribution < -0.4 is 15.1 Å². The molecule has 0 aliphatic carbocycles. The second-order valence-electron chi connectivity index (χ2n) is 10.3. The zero-order valence-corrected chi connectivity index (χ0v) is 23.0. The number of carbonyl (C=O) groups excluding carboxylic acids is 4. The third-order valence-electron chi connectivity index (χ3n) is 6.17. The first kappa shape index (κ1) is 27.9. The molecule has 1 heterocycles. The Labute approximate surface area is 232 Å². The molecule has 3 aromatic rings. The second kappa shape index (κ2) is 11.3. The number of nitrogens with zero attached hydrogens (tertiary/aromatic N) is 2. The van der Waals surface area contributed by atoms with Gasteiger partial charge in [-0.25, -0.2) is 4.79 Å². The van der Waals surface area contributed by atoms with Gasteiger partial charge in [-0.1, -0.05) is 48.0 Å². The summed E-state index contributed by atoms with van der Waals surface area (Å²) in [5.74, 6) is -1.21. The number of ether oxygens (including phenoxy) is 1. The van der Waals surface area contributed by atoms with Gasteiger partial charge < -0.3 is 19.9 Å². The van der Waals surface area contributed by atoms with Gasteiger partial charge in [0, 0.05) is 16.1 Å². The van der Waals surface area contributed by atoms with Crippen molar-refractivity contribution < 1.29 is 23.9 Å². The molecule has 0 bridgehead atoms. The van der Waals surface area contributed by atoms with Gasteiger partial charge in [-0.15, -0.1) is 0 Å². The van der Waals surface area contributed by atoms with Crippen LogP contribution in [-0.4, -0.2) is 48.4 Å². The van der Waals surface area contributed by atoms with E-state index < -0.39 is 29.6 Å². The van der Waals surface area contributed by atoms with Gasteiger partial charge in [-0.3, -0.25) is 14.4 Å². The number of ketones is 1. The van der Waals surface area contributed by atoms with E-state index in [9.17, 15) is 19.2 Å². The van der Waals surface area contributed by atoms with Crippen molar-refractivity contribution in [3.8, 4) is 0 Å². The molecule has 4 rings (SSSR count). The van der Waals surface area contributed by atoms with E-state index in [-0.39, 0.29) is 18.9 Å². The number of nitrogens with one attached hydrogen (secondary N) is 1. The fourth-order valence-corrected chi connectivity index (χ4v) is 4.49. The van der Waals surface area contributed by atoms with Crippen molar-refractivity contribution in [3.63, 3.8) is 0 Å². The molecule has 0 spiro atoms. The second-order valence-corrected chi connectivity index (χ2v) is 10.7. The molecule has 0 fully saturated rings. The maximum Gasteiger partial charge on any atom is 0.408 e. The lowest BCUT2D eigenvalue weighted by Crippen LogP contribution is -2.54. The van der Waals surface area contributed by atoms with Gasteiger partial charge in [-0.2, -0.15) is 0 Å². The van der Waals surface area contributed by atoms with E-state index in [1.165, 1.54) is 9.80 Å². The predicted molar refractivity (Wildman–Crippen MR) is 151 cm³/mol. The highest BCUT2D eigenvalue weighted by Gasteiger charge is 2.38. The Hall–Kier alpha value is -4.17.